The van der Waals surface area contributed by atoms with Crippen molar-refractivity contribution in [3.63, 3.8) is 0 Å². The van der Waals surface area contributed by atoms with E-state index >= 15 is 0 Å². The topological polar surface area (TPSA) is 70.3 Å². The molecule has 4 nitrogen and oxygen atoms in total. The Balaban J connectivity index is 0.00000121. The van der Waals surface area contributed by atoms with E-state index in [4.69, 9.17) is 5.73 Å². The summed E-state index contributed by atoms with van der Waals surface area (Å²) in [5.41, 5.74) is 6.27. The Kier molecular flexibility index (Phi) is 10.7. The van der Waals surface area contributed by atoms with Crippen LogP contribution in [0, 0.1) is 0 Å². The van der Waals surface area contributed by atoms with Gasteiger partial charge in [0, 0.05) is 38.3 Å². The zero-order chi connectivity index (χ0) is 12.9. The molecule has 98 valence electrons. The Morgan fingerprint density at radius 2 is 1.71 bits per heavy atom. The van der Waals surface area contributed by atoms with Crippen LogP contribution in [0.15, 0.2) is 24.3 Å². The molecule has 5 N–H and O–H groups in total. The summed E-state index contributed by atoms with van der Waals surface area (Å²) in [4.78, 5) is 0. The SMILES string of the molecule is CC.NCCNCCNCc1ccccc1O. The van der Waals surface area contributed by atoms with Gasteiger partial charge in [-0.25, -0.2) is 0 Å². The third kappa shape index (κ3) is 7.74. The third-order valence-corrected chi connectivity index (χ3v) is 2.11. The van der Waals surface area contributed by atoms with Crippen LogP contribution in [0.5, 0.6) is 5.75 Å². The van der Waals surface area contributed by atoms with Gasteiger partial charge in [0.05, 0.1) is 0 Å². The number of nitrogens with two attached hydrogens (primary N) is 1. The molecule has 0 saturated heterocycles. The van der Waals surface area contributed by atoms with E-state index in [0.717, 1.165) is 25.2 Å². The number of hydrogen-bond donors (Lipinski definition) is 4. The minimum Gasteiger partial charge on any atom is -0.508 e. The maximum atomic E-state index is 9.48. The quantitative estimate of drug-likeness (QED) is 0.537. The van der Waals surface area contributed by atoms with E-state index in [1.807, 2.05) is 32.0 Å². The Bertz CT molecular complexity index is 279. The first-order chi connectivity index (χ1) is 8.34. The van der Waals surface area contributed by atoms with Crippen molar-refractivity contribution in [2.75, 3.05) is 26.2 Å². The van der Waals surface area contributed by atoms with Crippen LogP contribution in [0.1, 0.15) is 19.4 Å². The largest absolute Gasteiger partial charge is 0.508 e. The molecule has 0 fully saturated rings. The molecule has 17 heavy (non-hydrogen) atoms. The Labute approximate surface area is 104 Å². The Morgan fingerprint density at radius 3 is 2.35 bits per heavy atom. The minimum atomic E-state index is 0.347. The summed E-state index contributed by atoms with van der Waals surface area (Å²) in [6.07, 6.45) is 0. The summed E-state index contributed by atoms with van der Waals surface area (Å²) in [7, 11) is 0. The van der Waals surface area contributed by atoms with Crippen molar-refractivity contribution in [3.8, 4) is 5.75 Å². The Morgan fingerprint density at radius 1 is 1.06 bits per heavy atom. The van der Waals surface area contributed by atoms with Gasteiger partial charge in [-0.15, -0.1) is 0 Å². The van der Waals surface area contributed by atoms with E-state index in [9.17, 15) is 5.11 Å². The number of phenols is 1. The van der Waals surface area contributed by atoms with Crippen molar-refractivity contribution in [3.05, 3.63) is 29.8 Å². The molecule has 0 heterocycles. The molecule has 0 saturated carbocycles. The van der Waals surface area contributed by atoms with Gasteiger partial charge in [-0.2, -0.15) is 0 Å². The van der Waals surface area contributed by atoms with Crippen LogP contribution in [0.25, 0.3) is 0 Å². The van der Waals surface area contributed by atoms with Crippen LogP contribution in [0.2, 0.25) is 0 Å². The van der Waals surface area contributed by atoms with E-state index in [2.05, 4.69) is 10.6 Å². The fourth-order valence-electron chi connectivity index (χ4n) is 1.29. The summed E-state index contributed by atoms with van der Waals surface area (Å²) in [6.45, 7) is 7.97. The molecule has 0 spiro atoms. The molecule has 0 aromatic heterocycles. The van der Waals surface area contributed by atoms with E-state index in [1.165, 1.54) is 0 Å². The average Bonchev–Trinajstić information content (AvgIpc) is 2.38. The van der Waals surface area contributed by atoms with Crippen molar-refractivity contribution in [2.24, 2.45) is 5.73 Å². The van der Waals surface area contributed by atoms with Gasteiger partial charge in [-0.3, -0.25) is 0 Å². The van der Waals surface area contributed by atoms with Gasteiger partial charge in [-0.1, -0.05) is 32.0 Å². The molecule has 0 bridgehead atoms. The van der Waals surface area contributed by atoms with Crippen LogP contribution < -0.4 is 16.4 Å². The second-order valence-electron chi connectivity index (χ2n) is 3.34. The summed E-state index contributed by atoms with van der Waals surface area (Å²) < 4.78 is 0. The van der Waals surface area contributed by atoms with Crippen molar-refractivity contribution >= 4 is 0 Å². The molecular weight excluding hydrogens is 214 g/mol. The van der Waals surface area contributed by atoms with E-state index in [-0.39, 0.29) is 0 Å². The van der Waals surface area contributed by atoms with Crippen molar-refractivity contribution in [1.82, 2.24) is 10.6 Å². The normalized spacial score (nSPS) is 9.59. The molecule has 0 aliphatic heterocycles. The van der Waals surface area contributed by atoms with Crippen LogP contribution in [0.3, 0.4) is 0 Å². The Hall–Kier alpha value is -1.10. The van der Waals surface area contributed by atoms with Crippen molar-refractivity contribution in [1.29, 1.82) is 0 Å². The summed E-state index contributed by atoms with van der Waals surface area (Å²) in [5, 5.41) is 15.9. The zero-order valence-electron chi connectivity index (χ0n) is 10.9. The molecule has 0 aliphatic rings. The van der Waals surface area contributed by atoms with Crippen LogP contribution >= 0.6 is 0 Å². The number of benzene rings is 1. The molecule has 0 radical (unpaired) electrons. The second-order valence-corrected chi connectivity index (χ2v) is 3.34. The number of rotatable bonds is 7. The predicted octanol–water partition coefficient (Wildman–Crippen LogP) is 1.06. The number of phenolic OH excluding ortho intramolecular Hbond substituents is 1. The average molecular weight is 239 g/mol. The van der Waals surface area contributed by atoms with Gasteiger partial charge >= 0.3 is 0 Å². The fourth-order valence-corrected chi connectivity index (χ4v) is 1.29. The van der Waals surface area contributed by atoms with E-state index in [1.54, 1.807) is 6.07 Å². The highest BCUT2D eigenvalue weighted by molar-refractivity contribution is 5.31. The molecule has 4 heteroatoms. The summed E-state index contributed by atoms with van der Waals surface area (Å²) in [5.74, 6) is 0.347. The van der Waals surface area contributed by atoms with E-state index in [0.29, 0.717) is 18.8 Å². The second kappa shape index (κ2) is 11.4. The highest BCUT2D eigenvalue weighted by Gasteiger charge is 1.97. The third-order valence-electron chi connectivity index (χ3n) is 2.11. The van der Waals surface area contributed by atoms with Crippen molar-refractivity contribution < 1.29 is 5.11 Å². The number of hydrogen-bond acceptors (Lipinski definition) is 4. The first-order valence-corrected chi connectivity index (χ1v) is 6.23. The standard InChI is InChI=1S/C11H19N3O.C2H6/c12-5-6-13-7-8-14-9-10-3-1-2-4-11(10)15;1-2/h1-4,13-15H,5-9,12H2;1-2H3. The van der Waals surface area contributed by atoms with Crippen LogP contribution in [0.4, 0.5) is 0 Å². The highest BCUT2D eigenvalue weighted by Crippen LogP contribution is 2.14. The lowest BCUT2D eigenvalue weighted by Gasteiger charge is -2.07. The van der Waals surface area contributed by atoms with Gasteiger partial charge in [0.25, 0.3) is 0 Å². The number of para-hydroxylation sites is 1. The number of aromatic hydroxyl groups is 1. The zero-order valence-corrected chi connectivity index (χ0v) is 10.9. The summed E-state index contributed by atoms with van der Waals surface area (Å²) >= 11 is 0. The minimum absolute atomic E-state index is 0.347. The molecule has 0 atom stereocenters. The lowest BCUT2D eigenvalue weighted by Crippen LogP contribution is -2.30. The van der Waals surface area contributed by atoms with E-state index < -0.39 is 0 Å². The molecule has 1 rings (SSSR count). The van der Waals surface area contributed by atoms with Gasteiger partial charge in [0.1, 0.15) is 5.75 Å². The van der Waals surface area contributed by atoms with Crippen LogP contribution in [-0.4, -0.2) is 31.3 Å². The smallest absolute Gasteiger partial charge is 0.120 e. The lowest BCUT2D eigenvalue weighted by atomic mass is 10.2. The van der Waals surface area contributed by atoms with Gasteiger partial charge in [0.2, 0.25) is 0 Å². The molecule has 0 aliphatic carbocycles. The molecule has 0 amide bonds. The maximum Gasteiger partial charge on any atom is 0.120 e. The van der Waals surface area contributed by atoms with Crippen LogP contribution in [-0.2, 0) is 6.54 Å². The number of nitrogens with one attached hydrogen (secondary N) is 2. The monoisotopic (exact) mass is 239 g/mol. The molecule has 1 aromatic carbocycles. The van der Waals surface area contributed by atoms with Gasteiger partial charge in [-0.05, 0) is 6.07 Å². The highest BCUT2D eigenvalue weighted by atomic mass is 16.3. The molecule has 0 unspecified atom stereocenters. The fraction of sp³-hybridized carbons (Fsp3) is 0.538. The predicted molar refractivity (Wildman–Crippen MR) is 73.1 cm³/mol. The first-order valence-electron chi connectivity index (χ1n) is 6.23. The molecular formula is C13H25N3O. The lowest BCUT2D eigenvalue weighted by molar-refractivity contribution is 0.464. The summed E-state index contributed by atoms with van der Waals surface area (Å²) in [6, 6.07) is 7.35. The molecule has 1 aromatic rings. The van der Waals surface area contributed by atoms with Gasteiger partial charge in [0.15, 0.2) is 0 Å². The maximum absolute atomic E-state index is 9.48. The van der Waals surface area contributed by atoms with Crippen molar-refractivity contribution in [2.45, 2.75) is 20.4 Å². The first kappa shape index (κ1) is 15.9. The van der Waals surface area contributed by atoms with Gasteiger partial charge < -0.3 is 21.5 Å².